The zero-order valence-corrected chi connectivity index (χ0v) is 8.98. The van der Waals surface area contributed by atoms with E-state index in [1.165, 1.54) is 24.3 Å². The predicted molar refractivity (Wildman–Crippen MR) is 59.5 cm³/mol. The normalized spacial score (nSPS) is 11.0. The third kappa shape index (κ3) is 1.44. The van der Waals surface area contributed by atoms with Crippen molar-refractivity contribution >= 4 is 11.0 Å². The fraction of sp³-hybridized carbons (Fsp3) is 0. The van der Waals surface area contributed by atoms with Gasteiger partial charge < -0.3 is 4.52 Å². The summed E-state index contributed by atoms with van der Waals surface area (Å²) in [5.74, 6) is -2.28. The molecule has 0 N–H and O–H groups in total. The highest BCUT2D eigenvalue weighted by Gasteiger charge is 2.19. The molecular weight excluding hydrogens is 240 g/mol. The van der Waals surface area contributed by atoms with Gasteiger partial charge in [0.25, 0.3) is 0 Å². The first-order valence-corrected chi connectivity index (χ1v) is 5.18. The minimum Gasteiger partial charge on any atom is -0.352 e. The van der Waals surface area contributed by atoms with Gasteiger partial charge in [-0.05, 0) is 24.3 Å². The van der Waals surface area contributed by atoms with Gasteiger partial charge >= 0.3 is 0 Å². The standard InChI is InChI=1S/C13H6F2NO2/c14-9-4-2-1-3-7(9)12-8-5-6-10(17)11(15)13(8)18-16-12/h1-6H. The molecule has 0 amide bonds. The molecule has 1 heterocycles. The Morgan fingerprint density at radius 3 is 2.61 bits per heavy atom. The molecule has 2 aromatic carbocycles. The summed E-state index contributed by atoms with van der Waals surface area (Å²) in [6.07, 6.45) is 0. The summed E-state index contributed by atoms with van der Waals surface area (Å²) < 4.78 is 31.9. The molecule has 0 saturated heterocycles. The Labute approximate surface area is 100 Å². The van der Waals surface area contributed by atoms with E-state index in [4.69, 9.17) is 4.52 Å². The van der Waals surface area contributed by atoms with Gasteiger partial charge in [-0.1, -0.05) is 17.3 Å². The molecule has 0 saturated carbocycles. The third-order valence-corrected chi connectivity index (χ3v) is 2.67. The van der Waals surface area contributed by atoms with Crippen LogP contribution in [0.15, 0.2) is 40.9 Å². The van der Waals surface area contributed by atoms with Crippen molar-refractivity contribution in [2.24, 2.45) is 0 Å². The van der Waals surface area contributed by atoms with E-state index in [9.17, 15) is 13.9 Å². The molecule has 3 aromatic rings. The van der Waals surface area contributed by atoms with Gasteiger partial charge in [-0.25, -0.2) is 4.39 Å². The second kappa shape index (κ2) is 3.80. The van der Waals surface area contributed by atoms with Gasteiger partial charge in [0.05, 0.1) is 5.39 Å². The molecule has 0 aliphatic heterocycles. The second-order valence-corrected chi connectivity index (χ2v) is 3.77. The maximum atomic E-state index is 13.6. The fourth-order valence-corrected chi connectivity index (χ4v) is 1.80. The monoisotopic (exact) mass is 246 g/mol. The maximum Gasteiger partial charge on any atom is 0.218 e. The Kier molecular flexibility index (Phi) is 2.26. The molecule has 0 unspecified atom stereocenters. The maximum absolute atomic E-state index is 13.6. The fourth-order valence-electron chi connectivity index (χ4n) is 1.80. The van der Waals surface area contributed by atoms with E-state index in [-0.39, 0.29) is 22.2 Å². The van der Waals surface area contributed by atoms with Gasteiger partial charge in [0, 0.05) is 5.56 Å². The molecule has 5 heteroatoms. The molecule has 1 aromatic heterocycles. The van der Waals surface area contributed by atoms with Crippen LogP contribution in [0.2, 0.25) is 0 Å². The zero-order valence-electron chi connectivity index (χ0n) is 8.98. The summed E-state index contributed by atoms with van der Waals surface area (Å²) >= 11 is 0. The van der Waals surface area contributed by atoms with Gasteiger partial charge in [-0.15, -0.1) is 0 Å². The summed E-state index contributed by atoms with van der Waals surface area (Å²) in [5, 5.41) is 15.0. The molecule has 0 fully saturated rings. The quantitative estimate of drug-likeness (QED) is 0.653. The first-order chi connectivity index (χ1) is 8.68. The molecule has 3 rings (SSSR count). The van der Waals surface area contributed by atoms with Crippen LogP contribution in [0.25, 0.3) is 22.2 Å². The van der Waals surface area contributed by atoms with Crippen LogP contribution >= 0.6 is 0 Å². The van der Waals surface area contributed by atoms with Crippen LogP contribution in [-0.2, 0) is 5.11 Å². The molecule has 3 nitrogen and oxygen atoms in total. The van der Waals surface area contributed by atoms with Gasteiger partial charge in [0.1, 0.15) is 11.5 Å². The smallest absolute Gasteiger partial charge is 0.218 e. The highest BCUT2D eigenvalue weighted by Crippen LogP contribution is 2.33. The molecule has 18 heavy (non-hydrogen) atoms. The molecule has 0 atom stereocenters. The molecule has 0 aliphatic rings. The van der Waals surface area contributed by atoms with Crippen molar-refractivity contribution in [3.63, 3.8) is 0 Å². The lowest BCUT2D eigenvalue weighted by Crippen LogP contribution is -1.84. The zero-order chi connectivity index (χ0) is 12.7. The largest absolute Gasteiger partial charge is 0.352 e. The SMILES string of the molecule is [O]c1ccc2c(-c3ccccc3F)noc2c1F. The number of hydrogen-bond acceptors (Lipinski definition) is 2. The average Bonchev–Trinajstić information content (AvgIpc) is 2.79. The summed E-state index contributed by atoms with van der Waals surface area (Å²) in [7, 11) is 0. The number of halogens is 2. The van der Waals surface area contributed by atoms with Crippen LogP contribution in [0.1, 0.15) is 0 Å². The summed E-state index contributed by atoms with van der Waals surface area (Å²) in [6, 6.07) is 8.40. The van der Waals surface area contributed by atoms with Gasteiger partial charge in [-0.3, -0.25) is 5.11 Å². The lowest BCUT2D eigenvalue weighted by atomic mass is 10.1. The van der Waals surface area contributed by atoms with Crippen LogP contribution in [0.5, 0.6) is 5.75 Å². The summed E-state index contributed by atoms with van der Waals surface area (Å²) in [6.45, 7) is 0. The number of hydrogen-bond donors (Lipinski definition) is 0. The van der Waals surface area contributed by atoms with Crippen LogP contribution in [-0.4, -0.2) is 5.16 Å². The van der Waals surface area contributed by atoms with Crippen LogP contribution < -0.4 is 0 Å². The third-order valence-electron chi connectivity index (χ3n) is 2.67. The number of aromatic nitrogens is 1. The average molecular weight is 246 g/mol. The van der Waals surface area contributed by atoms with Crippen molar-refractivity contribution < 1.29 is 18.4 Å². The van der Waals surface area contributed by atoms with E-state index in [0.29, 0.717) is 0 Å². The first kappa shape index (κ1) is 10.7. The van der Waals surface area contributed by atoms with E-state index in [1.54, 1.807) is 6.07 Å². The van der Waals surface area contributed by atoms with Gasteiger partial charge in [0.15, 0.2) is 0 Å². The van der Waals surface area contributed by atoms with Gasteiger partial charge in [0.2, 0.25) is 17.1 Å². The molecular formula is C13H6F2NO2. The highest BCUT2D eigenvalue weighted by atomic mass is 19.1. The van der Waals surface area contributed by atoms with E-state index in [1.807, 2.05) is 0 Å². The van der Waals surface area contributed by atoms with Crippen LogP contribution in [0.3, 0.4) is 0 Å². The summed E-state index contributed by atoms with van der Waals surface area (Å²) in [5.41, 5.74) is 0.136. The van der Waals surface area contributed by atoms with Crippen molar-refractivity contribution in [3.05, 3.63) is 48.0 Å². The number of benzene rings is 2. The van der Waals surface area contributed by atoms with E-state index in [0.717, 1.165) is 6.07 Å². The molecule has 89 valence electrons. The Morgan fingerprint density at radius 2 is 1.83 bits per heavy atom. The van der Waals surface area contributed by atoms with Crippen molar-refractivity contribution in [2.75, 3.05) is 0 Å². The van der Waals surface area contributed by atoms with Crippen molar-refractivity contribution in [1.82, 2.24) is 5.16 Å². The first-order valence-electron chi connectivity index (χ1n) is 5.18. The lowest BCUT2D eigenvalue weighted by Gasteiger charge is -1.98. The van der Waals surface area contributed by atoms with E-state index < -0.39 is 17.4 Å². The Bertz CT molecular complexity index is 737. The summed E-state index contributed by atoms with van der Waals surface area (Å²) in [4.78, 5) is 0. The molecule has 0 aliphatic carbocycles. The van der Waals surface area contributed by atoms with Crippen LogP contribution in [0.4, 0.5) is 8.78 Å². The topological polar surface area (TPSA) is 45.9 Å². The number of nitrogens with zero attached hydrogens (tertiary/aromatic N) is 1. The van der Waals surface area contributed by atoms with E-state index in [2.05, 4.69) is 5.16 Å². The molecule has 0 spiro atoms. The van der Waals surface area contributed by atoms with Crippen molar-refractivity contribution in [1.29, 1.82) is 0 Å². The molecule has 0 bridgehead atoms. The lowest BCUT2D eigenvalue weighted by molar-refractivity contribution is 0.327. The Hall–Kier alpha value is -2.43. The van der Waals surface area contributed by atoms with Gasteiger partial charge in [-0.2, -0.15) is 4.39 Å². The highest BCUT2D eigenvalue weighted by molar-refractivity contribution is 5.92. The second-order valence-electron chi connectivity index (χ2n) is 3.77. The van der Waals surface area contributed by atoms with Crippen molar-refractivity contribution in [2.45, 2.75) is 0 Å². The van der Waals surface area contributed by atoms with Crippen LogP contribution in [0, 0.1) is 11.6 Å². The minimum atomic E-state index is -1.01. The Balaban J connectivity index is 2.32. The van der Waals surface area contributed by atoms with Crippen molar-refractivity contribution in [3.8, 4) is 17.0 Å². The number of fused-ring (bicyclic) bond motifs is 1. The van der Waals surface area contributed by atoms with E-state index >= 15 is 0 Å². The predicted octanol–water partition coefficient (Wildman–Crippen LogP) is 3.92. The molecule has 1 radical (unpaired) electrons. The minimum absolute atomic E-state index is 0.182. The number of rotatable bonds is 1. The Morgan fingerprint density at radius 1 is 1.06 bits per heavy atom.